The molecule has 0 bridgehead atoms. The molecule has 1 heterocycles. The van der Waals surface area contributed by atoms with Crippen LogP contribution in [0.4, 0.5) is 13.2 Å². The summed E-state index contributed by atoms with van der Waals surface area (Å²) in [6.07, 6.45) is 0.434. The summed E-state index contributed by atoms with van der Waals surface area (Å²) in [4.78, 5) is 10.5. The molecule has 0 saturated heterocycles. The molecule has 0 spiro atoms. The molecule has 6 heteroatoms. The summed E-state index contributed by atoms with van der Waals surface area (Å²) < 4.78 is 44.9. The van der Waals surface area contributed by atoms with Crippen LogP contribution in [-0.4, -0.2) is 6.29 Å². The van der Waals surface area contributed by atoms with E-state index in [1.165, 1.54) is 19.1 Å². The topological polar surface area (TPSA) is 30.2 Å². The number of hydrogen-bond donors (Lipinski definition) is 0. The van der Waals surface area contributed by atoms with Gasteiger partial charge in [-0.1, -0.05) is 11.6 Å². The second-order valence-corrected chi connectivity index (χ2v) is 3.95. The quantitative estimate of drug-likeness (QED) is 0.468. The first-order chi connectivity index (χ1) is 8.47. The highest BCUT2D eigenvalue weighted by Gasteiger charge is 2.24. The number of benzene rings is 1. The Morgan fingerprint density at radius 2 is 1.83 bits per heavy atom. The van der Waals surface area contributed by atoms with Gasteiger partial charge in [0, 0.05) is 11.1 Å². The molecule has 0 atom stereocenters. The highest BCUT2D eigenvalue weighted by atomic mass is 35.5. The fourth-order valence-electron chi connectivity index (χ4n) is 1.58. The van der Waals surface area contributed by atoms with E-state index in [2.05, 4.69) is 0 Å². The first-order valence-electron chi connectivity index (χ1n) is 4.85. The number of furan rings is 1. The smallest absolute Gasteiger partial charge is 0.196 e. The molecule has 2 nitrogen and oxygen atoms in total. The maximum atomic E-state index is 13.4. The third kappa shape index (κ3) is 1.80. The zero-order valence-electron chi connectivity index (χ0n) is 9.06. The zero-order valence-corrected chi connectivity index (χ0v) is 9.82. The molecule has 0 aliphatic carbocycles. The number of hydrogen-bond acceptors (Lipinski definition) is 2. The predicted molar refractivity (Wildman–Crippen MR) is 59.2 cm³/mol. The van der Waals surface area contributed by atoms with Crippen LogP contribution in [0.15, 0.2) is 16.5 Å². The van der Waals surface area contributed by atoms with Crippen molar-refractivity contribution in [3.63, 3.8) is 0 Å². The molecule has 0 fully saturated rings. The van der Waals surface area contributed by atoms with Crippen molar-refractivity contribution in [2.24, 2.45) is 0 Å². The van der Waals surface area contributed by atoms with Gasteiger partial charge < -0.3 is 4.42 Å². The minimum atomic E-state index is -1.64. The molecule has 1 aromatic heterocycles. The number of carbonyl (C=O) groups is 1. The van der Waals surface area contributed by atoms with Crippen LogP contribution >= 0.6 is 11.6 Å². The Morgan fingerprint density at radius 3 is 2.39 bits per heavy atom. The van der Waals surface area contributed by atoms with Crippen LogP contribution in [0.2, 0.25) is 5.02 Å². The van der Waals surface area contributed by atoms with Gasteiger partial charge in [0.2, 0.25) is 0 Å². The molecular weight excluding hydrogens is 269 g/mol. The van der Waals surface area contributed by atoms with E-state index >= 15 is 0 Å². The fraction of sp³-hybridized carbons (Fsp3) is 0.0833. The third-order valence-corrected chi connectivity index (χ3v) is 2.85. The van der Waals surface area contributed by atoms with Crippen molar-refractivity contribution < 1.29 is 22.4 Å². The molecule has 0 radical (unpaired) electrons. The SMILES string of the molecule is Cc1c(F)c(F)c(F)c(Cl)c1-c1ccc(C=O)o1. The third-order valence-electron chi connectivity index (χ3n) is 2.49. The lowest BCUT2D eigenvalue weighted by Gasteiger charge is -2.09. The van der Waals surface area contributed by atoms with Gasteiger partial charge in [0.1, 0.15) is 5.76 Å². The molecule has 1 aromatic carbocycles. The molecular formula is C12H6ClF3O2. The van der Waals surface area contributed by atoms with Crippen molar-refractivity contribution in [1.29, 1.82) is 0 Å². The number of rotatable bonds is 2. The Bertz CT molecular complexity index is 605. The highest BCUT2D eigenvalue weighted by molar-refractivity contribution is 6.33. The van der Waals surface area contributed by atoms with E-state index in [9.17, 15) is 18.0 Å². The highest BCUT2D eigenvalue weighted by Crippen LogP contribution is 2.37. The van der Waals surface area contributed by atoms with E-state index < -0.39 is 22.5 Å². The van der Waals surface area contributed by atoms with Gasteiger partial charge >= 0.3 is 0 Å². The summed E-state index contributed by atoms with van der Waals surface area (Å²) in [6, 6.07) is 2.64. The Morgan fingerprint density at radius 1 is 1.17 bits per heavy atom. The van der Waals surface area contributed by atoms with E-state index in [-0.39, 0.29) is 22.6 Å². The zero-order chi connectivity index (χ0) is 13.4. The van der Waals surface area contributed by atoms with Crippen LogP contribution in [0.1, 0.15) is 16.1 Å². The lowest BCUT2D eigenvalue weighted by molar-refractivity contribution is 0.110. The molecule has 18 heavy (non-hydrogen) atoms. The number of carbonyl (C=O) groups excluding carboxylic acids is 1. The molecule has 2 aromatic rings. The number of aldehydes is 1. The Kier molecular flexibility index (Phi) is 3.17. The van der Waals surface area contributed by atoms with Gasteiger partial charge in [0.15, 0.2) is 29.5 Å². The van der Waals surface area contributed by atoms with Crippen molar-refractivity contribution in [3.05, 3.63) is 45.9 Å². The Hall–Kier alpha value is -1.75. The van der Waals surface area contributed by atoms with Crippen LogP contribution < -0.4 is 0 Å². The van der Waals surface area contributed by atoms with Crippen molar-refractivity contribution >= 4 is 17.9 Å². The maximum Gasteiger partial charge on any atom is 0.196 e. The first-order valence-corrected chi connectivity index (χ1v) is 5.23. The van der Waals surface area contributed by atoms with Crippen LogP contribution in [0, 0.1) is 24.4 Å². The number of halogens is 4. The van der Waals surface area contributed by atoms with Gasteiger partial charge in [0.25, 0.3) is 0 Å². The fourth-order valence-corrected chi connectivity index (χ4v) is 1.90. The van der Waals surface area contributed by atoms with E-state index in [1.807, 2.05) is 0 Å². The predicted octanol–water partition coefficient (Wildman–Crippen LogP) is 4.14. The monoisotopic (exact) mass is 274 g/mol. The molecule has 0 amide bonds. The average molecular weight is 275 g/mol. The molecule has 2 rings (SSSR count). The summed E-state index contributed by atoms with van der Waals surface area (Å²) >= 11 is 5.63. The van der Waals surface area contributed by atoms with Gasteiger partial charge in [-0.25, -0.2) is 13.2 Å². The van der Waals surface area contributed by atoms with Gasteiger partial charge in [-0.15, -0.1) is 0 Å². The summed E-state index contributed by atoms with van der Waals surface area (Å²) in [5, 5.41) is -0.585. The first kappa shape index (κ1) is 12.7. The van der Waals surface area contributed by atoms with Crippen molar-refractivity contribution in [1.82, 2.24) is 0 Å². The van der Waals surface area contributed by atoms with E-state index in [0.29, 0.717) is 6.29 Å². The van der Waals surface area contributed by atoms with Gasteiger partial charge in [-0.2, -0.15) is 0 Å². The minimum absolute atomic E-state index is 0.00241. The van der Waals surface area contributed by atoms with Crippen LogP contribution in [0.5, 0.6) is 0 Å². The van der Waals surface area contributed by atoms with E-state index in [0.717, 1.165) is 0 Å². The van der Waals surface area contributed by atoms with Crippen LogP contribution in [0.3, 0.4) is 0 Å². The van der Waals surface area contributed by atoms with Crippen molar-refractivity contribution in [2.75, 3.05) is 0 Å². The van der Waals surface area contributed by atoms with Crippen LogP contribution in [-0.2, 0) is 0 Å². The normalized spacial score (nSPS) is 10.7. The van der Waals surface area contributed by atoms with Gasteiger partial charge in [0.05, 0.1) is 5.02 Å². The molecule has 94 valence electrons. The van der Waals surface area contributed by atoms with E-state index in [4.69, 9.17) is 16.0 Å². The molecule has 0 unspecified atom stereocenters. The second-order valence-electron chi connectivity index (χ2n) is 3.58. The standard InChI is InChI=1S/C12H6ClF3O2/c1-5-8(7-3-2-6(4-17)18-7)9(13)11(15)12(16)10(5)14/h2-4H,1H3. The largest absolute Gasteiger partial charge is 0.453 e. The Balaban J connectivity index is 2.75. The lowest BCUT2D eigenvalue weighted by atomic mass is 10.1. The summed E-state index contributed by atoms with van der Waals surface area (Å²) in [6.45, 7) is 1.24. The minimum Gasteiger partial charge on any atom is -0.453 e. The maximum absolute atomic E-state index is 13.4. The molecule has 0 N–H and O–H groups in total. The summed E-state index contributed by atoms with van der Waals surface area (Å²) in [7, 11) is 0. The average Bonchev–Trinajstić information content (AvgIpc) is 2.83. The van der Waals surface area contributed by atoms with Crippen LogP contribution in [0.25, 0.3) is 11.3 Å². The van der Waals surface area contributed by atoms with Crippen molar-refractivity contribution in [3.8, 4) is 11.3 Å². The second kappa shape index (κ2) is 4.49. The summed E-state index contributed by atoms with van der Waals surface area (Å²) in [5.41, 5.74) is -0.299. The molecule has 0 saturated carbocycles. The van der Waals surface area contributed by atoms with Gasteiger partial charge in [-0.05, 0) is 19.1 Å². The Labute approximate surface area is 105 Å². The summed E-state index contributed by atoms with van der Waals surface area (Å²) in [5.74, 6) is -4.49. The van der Waals surface area contributed by atoms with Gasteiger partial charge in [-0.3, -0.25) is 4.79 Å². The van der Waals surface area contributed by atoms with E-state index in [1.54, 1.807) is 0 Å². The van der Waals surface area contributed by atoms with Crippen molar-refractivity contribution in [2.45, 2.75) is 6.92 Å². The molecule has 0 aliphatic rings. The molecule has 0 aliphatic heterocycles. The lowest BCUT2D eigenvalue weighted by Crippen LogP contribution is -1.99.